The van der Waals surface area contributed by atoms with E-state index in [1.165, 1.54) is 23.7 Å². The summed E-state index contributed by atoms with van der Waals surface area (Å²) in [5.41, 5.74) is 1.65. The second kappa shape index (κ2) is 6.73. The number of nitrogens with zero attached hydrogens (tertiary/aromatic N) is 3. The van der Waals surface area contributed by atoms with Gasteiger partial charge in [-0.3, -0.25) is 4.98 Å². The summed E-state index contributed by atoms with van der Waals surface area (Å²) in [7, 11) is -3.60. The fourth-order valence-electron chi connectivity index (χ4n) is 1.36. The van der Waals surface area contributed by atoms with Crippen LogP contribution < -0.4 is 10.0 Å². The van der Waals surface area contributed by atoms with Crippen LogP contribution in [0.1, 0.15) is 18.2 Å². The molecule has 0 bridgehead atoms. The molecule has 0 atom stereocenters. The monoisotopic (exact) mass is 313 g/mol. The van der Waals surface area contributed by atoms with Gasteiger partial charge in [0.2, 0.25) is 16.0 Å². The molecular formula is C11H15N5O2S2. The molecule has 20 heavy (non-hydrogen) atoms. The smallest absolute Gasteiger partial charge is 0.243 e. The van der Waals surface area contributed by atoms with Gasteiger partial charge in [0.05, 0.1) is 17.9 Å². The molecule has 0 aromatic carbocycles. The molecule has 0 saturated carbocycles. The minimum atomic E-state index is -3.60. The number of nitrogens with one attached hydrogen (secondary N) is 2. The molecule has 0 radical (unpaired) electrons. The molecule has 9 heteroatoms. The van der Waals surface area contributed by atoms with Gasteiger partial charge in [-0.1, -0.05) is 6.92 Å². The maximum absolute atomic E-state index is 12.0. The van der Waals surface area contributed by atoms with Crippen molar-refractivity contribution in [3.8, 4) is 0 Å². The zero-order valence-corrected chi connectivity index (χ0v) is 12.5. The van der Waals surface area contributed by atoms with Crippen molar-refractivity contribution in [2.24, 2.45) is 0 Å². The molecule has 0 aliphatic carbocycles. The summed E-state index contributed by atoms with van der Waals surface area (Å²) in [5, 5.41) is 2.98. The van der Waals surface area contributed by atoms with Crippen LogP contribution in [0.3, 0.4) is 0 Å². The summed E-state index contributed by atoms with van der Waals surface area (Å²) in [6, 6.07) is 0. The summed E-state index contributed by atoms with van der Waals surface area (Å²) in [6.07, 6.45) is 5.15. The van der Waals surface area contributed by atoms with E-state index in [9.17, 15) is 8.42 Å². The van der Waals surface area contributed by atoms with Gasteiger partial charge in [-0.15, -0.1) is 11.3 Å². The predicted molar refractivity (Wildman–Crippen MR) is 77.0 cm³/mol. The van der Waals surface area contributed by atoms with Gasteiger partial charge < -0.3 is 5.32 Å². The third-order valence-electron chi connectivity index (χ3n) is 2.39. The van der Waals surface area contributed by atoms with E-state index in [0.29, 0.717) is 5.95 Å². The third-order valence-corrected chi connectivity index (χ3v) is 4.53. The Morgan fingerprint density at radius 3 is 2.60 bits per heavy atom. The summed E-state index contributed by atoms with van der Waals surface area (Å²) in [4.78, 5) is 12.7. The highest BCUT2D eigenvalue weighted by atomic mass is 32.2. The van der Waals surface area contributed by atoms with Gasteiger partial charge in [0.25, 0.3) is 0 Å². The number of hydrogen-bond donors (Lipinski definition) is 2. The number of anilines is 1. The highest BCUT2D eigenvalue weighted by Gasteiger charge is 2.15. The molecule has 0 saturated heterocycles. The van der Waals surface area contributed by atoms with Gasteiger partial charge >= 0.3 is 0 Å². The molecule has 2 rings (SSSR count). The first kappa shape index (κ1) is 14.8. The van der Waals surface area contributed by atoms with Gasteiger partial charge in [-0.25, -0.2) is 23.1 Å². The summed E-state index contributed by atoms with van der Waals surface area (Å²) in [6.45, 7) is 2.98. The largest absolute Gasteiger partial charge is 0.354 e. The second-order valence-electron chi connectivity index (χ2n) is 3.96. The first-order valence-corrected chi connectivity index (χ1v) is 8.41. The molecule has 2 heterocycles. The molecule has 2 N–H and O–H groups in total. The maximum Gasteiger partial charge on any atom is 0.243 e. The standard InChI is InChI=1S/C11H15N5O2S2/c1-2-3-13-11-14-6-10(7-15-11)20(17,18)16-5-9-4-12-8-19-9/h4,6-8,16H,2-3,5H2,1H3,(H,13,14,15). The van der Waals surface area contributed by atoms with Gasteiger partial charge in [0.1, 0.15) is 4.90 Å². The summed E-state index contributed by atoms with van der Waals surface area (Å²) in [5.74, 6) is 0.424. The van der Waals surface area contributed by atoms with Crippen LogP contribution in [0.5, 0.6) is 0 Å². The molecule has 0 unspecified atom stereocenters. The van der Waals surface area contributed by atoms with Crippen LogP contribution in [0.15, 0.2) is 29.0 Å². The number of hydrogen-bond acceptors (Lipinski definition) is 7. The predicted octanol–water partition coefficient (Wildman–Crippen LogP) is 1.23. The zero-order chi connectivity index (χ0) is 14.4. The van der Waals surface area contributed by atoms with E-state index in [1.54, 1.807) is 11.7 Å². The van der Waals surface area contributed by atoms with Crippen LogP contribution in [0, 0.1) is 0 Å². The van der Waals surface area contributed by atoms with Gasteiger partial charge in [-0.2, -0.15) is 0 Å². The van der Waals surface area contributed by atoms with Crippen molar-refractivity contribution in [2.45, 2.75) is 24.8 Å². The Morgan fingerprint density at radius 1 is 1.25 bits per heavy atom. The lowest BCUT2D eigenvalue weighted by atomic mass is 10.5. The first-order valence-electron chi connectivity index (χ1n) is 6.05. The maximum atomic E-state index is 12.0. The fraction of sp³-hybridized carbons (Fsp3) is 0.364. The number of sulfonamides is 1. The summed E-state index contributed by atoms with van der Waals surface area (Å²) < 4.78 is 26.5. The van der Waals surface area contributed by atoms with Crippen LogP contribution in [-0.2, 0) is 16.6 Å². The van der Waals surface area contributed by atoms with Crippen molar-refractivity contribution in [1.29, 1.82) is 0 Å². The Kier molecular flexibility index (Phi) is 4.99. The topological polar surface area (TPSA) is 96.9 Å². The van der Waals surface area contributed by atoms with E-state index >= 15 is 0 Å². The third kappa shape index (κ3) is 3.95. The molecule has 7 nitrogen and oxygen atoms in total. The molecule has 108 valence electrons. The molecule has 0 fully saturated rings. The Bertz CT molecular complexity index is 625. The highest BCUT2D eigenvalue weighted by Crippen LogP contribution is 2.10. The molecule has 2 aromatic heterocycles. The van der Waals surface area contributed by atoms with E-state index in [2.05, 4.69) is 25.0 Å². The quantitative estimate of drug-likeness (QED) is 0.798. The van der Waals surface area contributed by atoms with Crippen LogP contribution in [-0.4, -0.2) is 29.9 Å². The van der Waals surface area contributed by atoms with Crippen molar-refractivity contribution in [1.82, 2.24) is 19.7 Å². The average molecular weight is 313 g/mol. The highest BCUT2D eigenvalue weighted by molar-refractivity contribution is 7.89. The first-order chi connectivity index (χ1) is 9.62. The molecular weight excluding hydrogens is 298 g/mol. The lowest BCUT2D eigenvalue weighted by Gasteiger charge is -2.06. The molecule has 0 aliphatic heterocycles. The number of aromatic nitrogens is 3. The van der Waals surface area contributed by atoms with Crippen molar-refractivity contribution in [3.63, 3.8) is 0 Å². The molecule has 0 aliphatic rings. The fourth-order valence-corrected chi connectivity index (χ4v) is 2.88. The van der Waals surface area contributed by atoms with Crippen LogP contribution in [0.25, 0.3) is 0 Å². The summed E-state index contributed by atoms with van der Waals surface area (Å²) >= 11 is 1.39. The normalized spacial score (nSPS) is 11.4. The van der Waals surface area contributed by atoms with E-state index in [1.807, 2.05) is 6.92 Å². The van der Waals surface area contributed by atoms with Crippen molar-refractivity contribution in [3.05, 3.63) is 29.0 Å². The second-order valence-corrected chi connectivity index (χ2v) is 6.70. The van der Waals surface area contributed by atoms with E-state index < -0.39 is 10.0 Å². The Labute approximate surface area is 121 Å². The van der Waals surface area contributed by atoms with E-state index in [4.69, 9.17) is 0 Å². The van der Waals surface area contributed by atoms with Gasteiger partial charge in [-0.05, 0) is 6.42 Å². The van der Waals surface area contributed by atoms with Crippen molar-refractivity contribution in [2.75, 3.05) is 11.9 Å². The number of rotatable bonds is 7. The molecule has 2 aromatic rings. The lowest BCUT2D eigenvalue weighted by molar-refractivity contribution is 0.581. The Balaban J connectivity index is 2.01. The van der Waals surface area contributed by atoms with Crippen molar-refractivity contribution < 1.29 is 8.42 Å². The van der Waals surface area contributed by atoms with Crippen LogP contribution >= 0.6 is 11.3 Å². The van der Waals surface area contributed by atoms with E-state index in [0.717, 1.165) is 17.8 Å². The lowest BCUT2D eigenvalue weighted by Crippen LogP contribution is -2.23. The molecule has 0 amide bonds. The van der Waals surface area contributed by atoms with Crippen molar-refractivity contribution >= 4 is 27.3 Å². The minimum absolute atomic E-state index is 0.0454. The van der Waals surface area contributed by atoms with Crippen LogP contribution in [0.4, 0.5) is 5.95 Å². The minimum Gasteiger partial charge on any atom is -0.354 e. The van der Waals surface area contributed by atoms with Gasteiger partial charge in [0, 0.05) is 24.2 Å². The zero-order valence-electron chi connectivity index (χ0n) is 10.9. The SMILES string of the molecule is CCCNc1ncc(S(=O)(=O)NCc2cncs2)cn1. The Hall–Kier alpha value is -1.58. The molecule has 0 spiro atoms. The van der Waals surface area contributed by atoms with Gasteiger partial charge in [0.15, 0.2) is 0 Å². The average Bonchev–Trinajstić information content (AvgIpc) is 2.97. The van der Waals surface area contributed by atoms with Crippen LogP contribution in [0.2, 0.25) is 0 Å². The Morgan fingerprint density at radius 2 is 2.00 bits per heavy atom. The number of thiazole rings is 1. The van der Waals surface area contributed by atoms with E-state index in [-0.39, 0.29) is 11.4 Å².